The quantitative estimate of drug-likeness (QED) is 0.908. The van der Waals surface area contributed by atoms with E-state index >= 15 is 0 Å². The summed E-state index contributed by atoms with van der Waals surface area (Å²) in [6, 6.07) is 8.40. The minimum Gasteiger partial charge on any atom is -0.396 e. The second-order valence-corrected chi connectivity index (χ2v) is 6.78. The van der Waals surface area contributed by atoms with Crippen LogP contribution in [0.5, 0.6) is 0 Å². The van der Waals surface area contributed by atoms with E-state index in [2.05, 4.69) is 25.1 Å². The second kappa shape index (κ2) is 5.80. The first-order valence-corrected chi connectivity index (χ1v) is 8.14. The van der Waals surface area contributed by atoms with Gasteiger partial charge in [-0.15, -0.1) is 0 Å². The fourth-order valence-corrected chi connectivity index (χ4v) is 4.01. The number of benzene rings is 1. The van der Waals surface area contributed by atoms with Gasteiger partial charge in [0.2, 0.25) is 5.91 Å². The molecule has 2 aliphatic rings. The van der Waals surface area contributed by atoms with Gasteiger partial charge in [0.15, 0.2) is 0 Å². The van der Waals surface area contributed by atoms with Gasteiger partial charge in [-0.1, -0.05) is 24.3 Å². The van der Waals surface area contributed by atoms with E-state index in [1.54, 1.807) is 0 Å². The van der Waals surface area contributed by atoms with Gasteiger partial charge in [-0.2, -0.15) is 0 Å². The average molecular weight is 287 g/mol. The second-order valence-electron chi connectivity index (χ2n) is 6.78. The van der Waals surface area contributed by atoms with Crippen LogP contribution in [-0.2, 0) is 16.6 Å². The van der Waals surface area contributed by atoms with Crippen LogP contribution in [0.3, 0.4) is 0 Å². The number of rotatable bonds is 2. The SMILES string of the molecule is CC1(C(=O)N2CCCC(CO)C2)CCCc2ccccc21. The topological polar surface area (TPSA) is 40.5 Å². The highest BCUT2D eigenvalue weighted by molar-refractivity contribution is 5.88. The fraction of sp³-hybridized carbons (Fsp3) is 0.611. The third-order valence-corrected chi connectivity index (χ3v) is 5.27. The molecule has 1 fully saturated rings. The molecule has 21 heavy (non-hydrogen) atoms. The Morgan fingerprint density at radius 1 is 1.38 bits per heavy atom. The monoisotopic (exact) mass is 287 g/mol. The first-order chi connectivity index (χ1) is 10.1. The number of hydrogen-bond donors (Lipinski definition) is 1. The summed E-state index contributed by atoms with van der Waals surface area (Å²) in [7, 11) is 0. The molecule has 1 aliphatic carbocycles. The Hall–Kier alpha value is -1.35. The highest BCUT2D eigenvalue weighted by Crippen LogP contribution is 2.39. The minimum atomic E-state index is -0.383. The first-order valence-electron chi connectivity index (χ1n) is 8.14. The highest BCUT2D eigenvalue weighted by atomic mass is 16.3. The lowest BCUT2D eigenvalue weighted by Crippen LogP contribution is -2.50. The van der Waals surface area contributed by atoms with E-state index in [1.165, 1.54) is 11.1 Å². The predicted molar refractivity (Wildman–Crippen MR) is 83.1 cm³/mol. The molecule has 3 heteroatoms. The van der Waals surface area contributed by atoms with Crippen molar-refractivity contribution >= 4 is 5.91 Å². The maximum absolute atomic E-state index is 13.1. The summed E-state index contributed by atoms with van der Waals surface area (Å²) >= 11 is 0. The number of hydrogen-bond acceptors (Lipinski definition) is 2. The minimum absolute atomic E-state index is 0.192. The maximum atomic E-state index is 13.1. The molecule has 1 aromatic rings. The summed E-state index contributed by atoms with van der Waals surface area (Å²) in [5, 5.41) is 9.38. The van der Waals surface area contributed by atoms with Gasteiger partial charge in [-0.25, -0.2) is 0 Å². The zero-order valence-electron chi connectivity index (χ0n) is 12.8. The fourth-order valence-electron chi connectivity index (χ4n) is 4.01. The highest BCUT2D eigenvalue weighted by Gasteiger charge is 2.42. The van der Waals surface area contributed by atoms with Crippen molar-refractivity contribution in [2.45, 2.75) is 44.4 Å². The van der Waals surface area contributed by atoms with Crippen molar-refractivity contribution in [3.05, 3.63) is 35.4 Å². The van der Waals surface area contributed by atoms with E-state index in [-0.39, 0.29) is 23.8 Å². The summed E-state index contributed by atoms with van der Waals surface area (Å²) in [6.45, 7) is 3.85. The summed E-state index contributed by atoms with van der Waals surface area (Å²) in [6.07, 6.45) is 5.14. The van der Waals surface area contributed by atoms with Crippen molar-refractivity contribution in [3.8, 4) is 0 Å². The number of carbonyl (C=O) groups excluding carboxylic acids is 1. The Morgan fingerprint density at radius 2 is 2.19 bits per heavy atom. The first kappa shape index (κ1) is 14.6. The number of carbonyl (C=O) groups is 1. The summed E-state index contributed by atoms with van der Waals surface area (Å²) in [4.78, 5) is 15.1. The molecule has 1 aromatic carbocycles. The number of aliphatic hydroxyl groups is 1. The molecule has 1 heterocycles. The molecule has 3 nitrogen and oxygen atoms in total. The number of aryl methyl sites for hydroxylation is 1. The van der Waals surface area contributed by atoms with Crippen LogP contribution >= 0.6 is 0 Å². The van der Waals surface area contributed by atoms with Gasteiger partial charge in [0.25, 0.3) is 0 Å². The van der Waals surface area contributed by atoms with Gasteiger partial charge in [0.1, 0.15) is 0 Å². The number of nitrogens with zero attached hydrogens (tertiary/aromatic N) is 1. The van der Waals surface area contributed by atoms with E-state index < -0.39 is 0 Å². The number of fused-ring (bicyclic) bond motifs is 1. The third kappa shape index (κ3) is 2.59. The van der Waals surface area contributed by atoms with Crippen molar-refractivity contribution < 1.29 is 9.90 Å². The number of likely N-dealkylation sites (tertiary alicyclic amines) is 1. The van der Waals surface area contributed by atoms with Crippen molar-refractivity contribution in [2.75, 3.05) is 19.7 Å². The van der Waals surface area contributed by atoms with Crippen LogP contribution in [0.15, 0.2) is 24.3 Å². The molecule has 0 saturated carbocycles. The molecule has 0 radical (unpaired) electrons. The van der Waals surface area contributed by atoms with E-state index in [9.17, 15) is 9.90 Å². The molecule has 0 aromatic heterocycles. The van der Waals surface area contributed by atoms with E-state index in [1.807, 2.05) is 11.0 Å². The van der Waals surface area contributed by atoms with Crippen LogP contribution in [0.25, 0.3) is 0 Å². The average Bonchev–Trinajstić information content (AvgIpc) is 2.54. The lowest BCUT2D eigenvalue weighted by molar-refractivity contribution is -0.139. The molecule has 2 unspecified atom stereocenters. The van der Waals surface area contributed by atoms with Gasteiger partial charge in [0.05, 0.1) is 5.41 Å². The van der Waals surface area contributed by atoms with Gasteiger partial charge < -0.3 is 10.0 Å². The largest absolute Gasteiger partial charge is 0.396 e. The van der Waals surface area contributed by atoms with Crippen LogP contribution in [0.2, 0.25) is 0 Å². The number of piperidine rings is 1. The Labute approximate surface area is 127 Å². The predicted octanol–water partition coefficient (Wildman–Crippen LogP) is 2.51. The normalized spacial score (nSPS) is 29.0. The lowest BCUT2D eigenvalue weighted by atomic mass is 9.70. The van der Waals surface area contributed by atoms with Crippen molar-refractivity contribution in [1.29, 1.82) is 0 Å². The van der Waals surface area contributed by atoms with E-state index in [0.29, 0.717) is 6.54 Å². The molecule has 1 aliphatic heterocycles. The van der Waals surface area contributed by atoms with Crippen molar-refractivity contribution in [2.24, 2.45) is 5.92 Å². The molecule has 2 atom stereocenters. The molecule has 3 rings (SSSR count). The standard InChI is InChI=1S/C18H25NO2/c1-18(10-4-8-15-7-2-3-9-16(15)18)17(21)19-11-5-6-14(12-19)13-20/h2-3,7,9,14,20H,4-6,8,10-13H2,1H3. The van der Waals surface area contributed by atoms with E-state index in [0.717, 1.165) is 38.6 Å². The molecular weight excluding hydrogens is 262 g/mol. The van der Waals surface area contributed by atoms with Crippen LogP contribution in [0, 0.1) is 5.92 Å². The smallest absolute Gasteiger partial charge is 0.232 e. The Kier molecular flexibility index (Phi) is 4.03. The summed E-state index contributed by atoms with van der Waals surface area (Å²) in [5.41, 5.74) is 2.16. The van der Waals surface area contributed by atoms with Gasteiger partial charge >= 0.3 is 0 Å². The van der Waals surface area contributed by atoms with E-state index in [4.69, 9.17) is 0 Å². The van der Waals surface area contributed by atoms with Crippen LogP contribution < -0.4 is 0 Å². The lowest BCUT2D eigenvalue weighted by Gasteiger charge is -2.41. The van der Waals surface area contributed by atoms with Crippen LogP contribution in [0.1, 0.15) is 43.7 Å². The van der Waals surface area contributed by atoms with Crippen LogP contribution in [0.4, 0.5) is 0 Å². The van der Waals surface area contributed by atoms with Gasteiger partial charge in [-0.3, -0.25) is 4.79 Å². The van der Waals surface area contributed by atoms with Crippen LogP contribution in [-0.4, -0.2) is 35.6 Å². The van der Waals surface area contributed by atoms with Gasteiger partial charge in [-0.05, 0) is 56.1 Å². The number of aliphatic hydroxyl groups excluding tert-OH is 1. The Bertz CT molecular complexity index is 528. The summed E-state index contributed by atoms with van der Waals surface area (Å²) < 4.78 is 0. The van der Waals surface area contributed by atoms with Gasteiger partial charge in [0, 0.05) is 19.7 Å². The molecule has 0 bridgehead atoms. The summed E-state index contributed by atoms with van der Waals surface area (Å²) in [5.74, 6) is 0.512. The Morgan fingerprint density at radius 3 is 3.00 bits per heavy atom. The molecule has 1 N–H and O–H groups in total. The molecule has 0 spiro atoms. The zero-order chi connectivity index (χ0) is 14.9. The maximum Gasteiger partial charge on any atom is 0.232 e. The molecule has 1 amide bonds. The molecule has 1 saturated heterocycles. The third-order valence-electron chi connectivity index (χ3n) is 5.27. The Balaban J connectivity index is 1.87. The molecule has 114 valence electrons. The van der Waals surface area contributed by atoms with Crippen molar-refractivity contribution in [1.82, 2.24) is 4.90 Å². The molecular formula is C18H25NO2. The van der Waals surface area contributed by atoms with Crippen molar-refractivity contribution in [3.63, 3.8) is 0 Å². The zero-order valence-corrected chi connectivity index (χ0v) is 12.8. The number of amides is 1.